The van der Waals surface area contributed by atoms with Crippen LogP contribution in [-0.4, -0.2) is 30.4 Å². The molecule has 6 heteroatoms. The van der Waals surface area contributed by atoms with Crippen LogP contribution in [0.2, 0.25) is 0 Å². The number of nitrogens with zero attached hydrogens (tertiary/aromatic N) is 1. The molecule has 0 radical (unpaired) electrons. The summed E-state index contributed by atoms with van der Waals surface area (Å²) in [6, 6.07) is 19.1. The summed E-state index contributed by atoms with van der Waals surface area (Å²) < 4.78 is 6.22. The van der Waals surface area contributed by atoms with Gasteiger partial charge in [-0.1, -0.05) is 42.5 Å². The molecule has 0 aliphatic carbocycles. The summed E-state index contributed by atoms with van der Waals surface area (Å²) in [4.78, 5) is 30.1. The average Bonchev–Trinajstić information content (AvgIpc) is 3.57. The van der Waals surface area contributed by atoms with Crippen molar-refractivity contribution < 1.29 is 9.21 Å². The van der Waals surface area contributed by atoms with E-state index in [-0.39, 0.29) is 17.4 Å². The van der Waals surface area contributed by atoms with Gasteiger partial charge in [-0.2, -0.15) is 0 Å². The monoisotopic (exact) mass is 458 g/mol. The number of para-hydroxylation sites is 1. The Morgan fingerprint density at radius 1 is 1.06 bits per heavy atom. The van der Waals surface area contributed by atoms with E-state index in [2.05, 4.69) is 27.7 Å². The van der Waals surface area contributed by atoms with Gasteiger partial charge in [0.25, 0.3) is 5.91 Å². The van der Waals surface area contributed by atoms with E-state index in [9.17, 15) is 9.59 Å². The Balaban J connectivity index is 1.48. The van der Waals surface area contributed by atoms with Crippen molar-refractivity contribution in [2.75, 3.05) is 19.6 Å². The molecule has 0 spiro atoms. The van der Waals surface area contributed by atoms with Gasteiger partial charge in [0, 0.05) is 22.5 Å². The van der Waals surface area contributed by atoms with Crippen LogP contribution in [0.1, 0.15) is 39.7 Å². The van der Waals surface area contributed by atoms with Crippen LogP contribution in [0.3, 0.4) is 0 Å². The van der Waals surface area contributed by atoms with Crippen molar-refractivity contribution in [3.63, 3.8) is 0 Å². The van der Waals surface area contributed by atoms with Crippen LogP contribution < -0.4 is 10.7 Å². The zero-order valence-electron chi connectivity index (χ0n) is 18.5. The summed E-state index contributed by atoms with van der Waals surface area (Å²) in [6.07, 6.45) is 2.37. The van der Waals surface area contributed by atoms with E-state index in [1.165, 1.54) is 17.7 Å². The minimum atomic E-state index is -0.229. The molecule has 5 rings (SSSR count). The van der Waals surface area contributed by atoms with E-state index in [1.807, 2.05) is 30.3 Å². The van der Waals surface area contributed by atoms with Crippen molar-refractivity contribution >= 4 is 28.2 Å². The second-order valence-corrected chi connectivity index (χ2v) is 9.40. The Kier molecular flexibility index (Phi) is 6.11. The number of fused-ring (bicyclic) bond motifs is 1. The van der Waals surface area contributed by atoms with E-state index in [0.29, 0.717) is 34.4 Å². The maximum Gasteiger partial charge on any atom is 0.255 e. The molecule has 1 aliphatic heterocycles. The van der Waals surface area contributed by atoms with E-state index >= 15 is 0 Å². The zero-order chi connectivity index (χ0) is 22.8. The molecule has 2 aromatic heterocycles. The highest BCUT2D eigenvalue weighted by molar-refractivity contribution is 7.10. The van der Waals surface area contributed by atoms with Gasteiger partial charge in [0.2, 0.25) is 0 Å². The molecule has 0 bridgehead atoms. The second kappa shape index (κ2) is 9.33. The first-order valence-electron chi connectivity index (χ1n) is 11.3. The van der Waals surface area contributed by atoms with Gasteiger partial charge in [-0.15, -0.1) is 11.3 Å². The zero-order valence-corrected chi connectivity index (χ0v) is 19.4. The van der Waals surface area contributed by atoms with Crippen LogP contribution in [0, 0.1) is 6.92 Å². The van der Waals surface area contributed by atoms with Crippen LogP contribution >= 0.6 is 11.3 Å². The molecule has 168 valence electrons. The fourth-order valence-corrected chi connectivity index (χ4v) is 5.44. The molecular weight excluding hydrogens is 432 g/mol. The van der Waals surface area contributed by atoms with Gasteiger partial charge < -0.3 is 9.73 Å². The van der Waals surface area contributed by atoms with Crippen LogP contribution in [0.25, 0.3) is 22.3 Å². The van der Waals surface area contributed by atoms with Crippen molar-refractivity contribution in [1.82, 2.24) is 10.2 Å². The van der Waals surface area contributed by atoms with Crippen molar-refractivity contribution in [3.05, 3.63) is 92.3 Å². The van der Waals surface area contributed by atoms with E-state index in [4.69, 9.17) is 4.42 Å². The second-order valence-electron chi connectivity index (χ2n) is 8.42. The van der Waals surface area contributed by atoms with E-state index < -0.39 is 0 Å². The lowest BCUT2D eigenvalue weighted by Gasteiger charge is -2.27. The maximum absolute atomic E-state index is 13.3. The fourth-order valence-electron chi connectivity index (χ4n) is 4.58. The van der Waals surface area contributed by atoms with Crippen molar-refractivity contribution in [3.8, 4) is 11.3 Å². The third kappa shape index (κ3) is 4.24. The highest BCUT2D eigenvalue weighted by Crippen LogP contribution is 2.29. The van der Waals surface area contributed by atoms with Crippen LogP contribution in [0.15, 0.2) is 75.3 Å². The molecule has 1 N–H and O–H groups in total. The van der Waals surface area contributed by atoms with Gasteiger partial charge in [-0.3, -0.25) is 14.5 Å². The fraction of sp³-hybridized carbons (Fsp3) is 0.259. The Labute approximate surface area is 196 Å². The minimum Gasteiger partial charge on any atom is -0.455 e. The standard InChI is InChI=1S/C27H26N2O3S/c1-18-24(30)20-11-7-12-21(26(20)32-25(18)19-9-3-2-4-10-19)27(31)28-17-22(23-13-8-16-33-23)29-14-5-6-15-29/h2-4,7-13,16,22H,5-6,14-15,17H2,1H3,(H,28,31)/t22-/m1/s1. The largest absolute Gasteiger partial charge is 0.455 e. The maximum atomic E-state index is 13.3. The molecule has 1 saturated heterocycles. The smallest absolute Gasteiger partial charge is 0.255 e. The Hall–Kier alpha value is -3.22. The first kappa shape index (κ1) is 21.6. The Morgan fingerprint density at radius 2 is 1.85 bits per heavy atom. The number of carbonyl (C=O) groups is 1. The molecule has 1 atom stereocenters. The molecule has 0 unspecified atom stereocenters. The Morgan fingerprint density at radius 3 is 2.58 bits per heavy atom. The molecule has 33 heavy (non-hydrogen) atoms. The van der Waals surface area contributed by atoms with E-state index in [0.717, 1.165) is 18.7 Å². The Bertz CT molecular complexity index is 1320. The van der Waals surface area contributed by atoms with Crippen molar-refractivity contribution in [2.24, 2.45) is 0 Å². The summed E-state index contributed by atoms with van der Waals surface area (Å²) in [7, 11) is 0. The molecule has 1 fully saturated rings. The highest BCUT2D eigenvalue weighted by atomic mass is 32.1. The molecule has 1 aliphatic rings. The molecule has 3 heterocycles. The quantitative estimate of drug-likeness (QED) is 0.420. The number of carbonyl (C=O) groups excluding carboxylic acids is 1. The third-order valence-electron chi connectivity index (χ3n) is 6.33. The molecule has 4 aromatic rings. The lowest BCUT2D eigenvalue weighted by Crippen LogP contribution is -2.36. The lowest BCUT2D eigenvalue weighted by atomic mass is 10.0. The molecule has 1 amide bonds. The summed E-state index contributed by atoms with van der Waals surface area (Å²) in [5.41, 5.74) is 1.96. The number of nitrogens with one attached hydrogen (secondary N) is 1. The highest BCUT2D eigenvalue weighted by Gasteiger charge is 2.25. The topological polar surface area (TPSA) is 62.6 Å². The molecular formula is C27H26N2O3S. The van der Waals surface area contributed by atoms with Crippen molar-refractivity contribution in [2.45, 2.75) is 25.8 Å². The average molecular weight is 459 g/mol. The summed E-state index contributed by atoms with van der Waals surface area (Å²) >= 11 is 1.72. The molecule has 2 aromatic carbocycles. The van der Waals surface area contributed by atoms with Gasteiger partial charge in [-0.25, -0.2) is 0 Å². The third-order valence-corrected chi connectivity index (χ3v) is 7.31. The number of hydrogen-bond donors (Lipinski definition) is 1. The summed E-state index contributed by atoms with van der Waals surface area (Å²) in [5, 5.41) is 5.62. The number of likely N-dealkylation sites (tertiary alicyclic amines) is 1. The van der Waals surface area contributed by atoms with Gasteiger partial charge >= 0.3 is 0 Å². The molecule has 5 nitrogen and oxygen atoms in total. The van der Waals surface area contributed by atoms with Crippen LogP contribution in [-0.2, 0) is 0 Å². The first-order chi connectivity index (χ1) is 16.1. The SMILES string of the molecule is Cc1c(-c2ccccc2)oc2c(C(=O)NC[C@H](c3cccs3)N3CCCC3)cccc2c1=O. The summed E-state index contributed by atoms with van der Waals surface area (Å²) in [5.74, 6) is 0.272. The van der Waals surface area contributed by atoms with E-state index in [1.54, 1.807) is 36.5 Å². The number of rotatable bonds is 6. The molecule has 0 saturated carbocycles. The predicted octanol–water partition coefficient (Wildman–Crippen LogP) is 5.40. The normalized spacial score (nSPS) is 15.1. The number of amides is 1. The van der Waals surface area contributed by atoms with Crippen LogP contribution in [0.5, 0.6) is 0 Å². The van der Waals surface area contributed by atoms with Gasteiger partial charge in [0.1, 0.15) is 5.76 Å². The lowest BCUT2D eigenvalue weighted by molar-refractivity contribution is 0.0939. The minimum absolute atomic E-state index is 0.113. The van der Waals surface area contributed by atoms with Crippen molar-refractivity contribution in [1.29, 1.82) is 0 Å². The summed E-state index contributed by atoms with van der Waals surface area (Å²) in [6.45, 7) is 4.36. The van der Waals surface area contributed by atoms with Gasteiger partial charge in [-0.05, 0) is 56.4 Å². The predicted molar refractivity (Wildman–Crippen MR) is 133 cm³/mol. The van der Waals surface area contributed by atoms with Gasteiger partial charge in [0.15, 0.2) is 11.0 Å². The number of thiophene rings is 1. The van der Waals surface area contributed by atoms with Gasteiger partial charge in [0.05, 0.1) is 17.0 Å². The van der Waals surface area contributed by atoms with Crippen LogP contribution in [0.4, 0.5) is 0 Å². The number of benzene rings is 2. The number of hydrogen-bond acceptors (Lipinski definition) is 5. The first-order valence-corrected chi connectivity index (χ1v) is 12.2.